The number of allylic oxidation sites excluding steroid dienone is 1. The van der Waals surface area contributed by atoms with Gasteiger partial charge in [0.25, 0.3) is 0 Å². The lowest BCUT2D eigenvalue weighted by Crippen LogP contribution is -2.47. The van der Waals surface area contributed by atoms with E-state index in [1.165, 1.54) is 29.0 Å². The summed E-state index contributed by atoms with van der Waals surface area (Å²) in [6, 6.07) is 15.0. The molecule has 0 aromatic heterocycles. The molecule has 4 rings (SSSR count). The first-order chi connectivity index (χ1) is 15.2. The minimum atomic E-state index is 0.373. The number of benzene rings is 2. The first kappa shape index (κ1) is 21.4. The molecule has 31 heavy (non-hydrogen) atoms. The molecule has 8 heteroatoms. The number of nitrogens with zero attached hydrogens (tertiary/aromatic N) is 2. The first-order valence-corrected chi connectivity index (χ1v) is 11.6. The van der Waals surface area contributed by atoms with Crippen molar-refractivity contribution in [1.29, 1.82) is 5.41 Å². The molecule has 0 amide bonds. The lowest BCUT2D eigenvalue weighted by molar-refractivity contribution is 0.354. The molecule has 2 heterocycles. The molecule has 0 bridgehead atoms. The minimum absolute atomic E-state index is 0.373. The third-order valence-corrected chi connectivity index (χ3v) is 6.30. The number of nitrogens with one attached hydrogen (secondary N) is 4. The maximum Gasteiger partial charge on any atom is 0.161 e. The Balaban J connectivity index is 1.50. The fourth-order valence-corrected chi connectivity index (χ4v) is 4.57. The second kappa shape index (κ2) is 10.5. The Labute approximate surface area is 187 Å². The summed E-state index contributed by atoms with van der Waals surface area (Å²) >= 11 is 1.54. The molecule has 0 spiro atoms. The highest BCUT2D eigenvalue weighted by Crippen LogP contribution is 2.26. The summed E-state index contributed by atoms with van der Waals surface area (Å²) in [5, 5.41) is 18.7. The zero-order valence-electron chi connectivity index (χ0n) is 17.5. The summed E-state index contributed by atoms with van der Waals surface area (Å²) in [5.41, 5.74) is 15.0. The third kappa shape index (κ3) is 5.66. The SMILES string of the molecule is N=C1SCCN1C(=C/c1ccc2ccccc2c1)/C(N)=C/C=N\NNC1CCCNC1. The van der Waals surface area contributed by atoms with Gasteiger partial charge < -0.3 is 16.0 Å². The van der Waals surface area contributed by atoms with Crippen LogP contribution in [0.15, 0.2) is 65.0 Å². The molecule has 0 saturated carbocycles. The number of nitrogens with two attached hydrogens (primary N) is 1. The van der Waals surface area contributed by atoms with Crippen LogP contribution in [0, 0.1) is 5.41 Å². The molecular formula is C23H29N7S. The van der Waals surface area contributed by atoms with E-state index in [0.717, 1.165) is 43.1 Å². The second-order valence-electron chi connectivity index (χ2n) is 7.64. The molecule has 1 atom stereocenters. The van der Waals surface area contributed by atoms with Crippen LogP contribution in [0.4, 0.5) is 0 Å². The van der Waals surface area contributed by atoms with Crippen molar-refractivity contribution in [3.05, 3.63) is 65.5 Å². The van der Waals surface area contributed by atoms with E-state index in [0.29, 0.717) is 16.9 Å². The number of thioether (sulfide) groups is 1. The third-order valence-electron chi connectivity index (χ3n) is 5.42. The topological polar surface area (TPSA) is 102 Å². The van der Waals surface area contributed by atoms with Gasteiger partial charge in [-0.05, 0) is 53.9 Å². The van der Waals surface area contributed by atoms with Crippen molar-refractivity contribution < 1.29 is 0 Å². The van der Waals surface area contributed by atoms with E-state index in [1.807, 2.05) is 23.1 Å². The van der Waals surface area contributed by atoms with Gasteiger partial charge in [0, 0.05) is 24.9 Å². The molecule has 6 N–H and O–H groups in total. The van der Waals surface area contributed by atoms with Crippen LogP contribution in [0.2, 0.25) is 0 Å². The number of hydrogen-bond acceptors (Lipinski definition) is 7. The van der Waals surface area contributed by atoms with E-state index in [1.54, 1.807) is 12.3 Å². The Kier molecular flexibility index (Phi) is 7.24. The Morgan fingerprint density at radius 1 is 1.26 bits per heavy atom. The fourth-order valence-electron chi connectivity index (χ4n) is 3.76. The van der Waals surface area contributed by atoms with Crippen LogP contribution in [-0.4, -0.2) is 47.7 Å². The maximum atomic E-state index is 8.29. The summed E-state index contributed by atoms with van der Waals surface area (Å²) in [7, 11) is 0. The molecule has 2 fully saturated rings. The van der Waals surface area contributed by atoms with E-state index >= 15 is 0 Å². The van der Waals surface area contributed by atoms with Crippen LogP contribution >= 0.6 is 11.8 Å². The first-order valence-electron chi connectivity index (χ1n) is 10.6. The van der Waals surface area contributed by atoms with Gasteiger partial charge in [-0.15, -0.1) is 0 Å². The number of hydrogen-bond donors (Lipinski definition) is 5. The summed E-state index contributed by atoms with van der Waals surface area (Å²) in [5.74, 6) is 0.885. The lowest BCUT2D eigenvalue weighted by atomic mass is 10.1. The molecule has 0 aliphatic carbocycles. The molecule has 162 valence electrons. The molecule has 2 aliphatic rings. The molecule has 7 nitrogen and oxygen atoms in total. The van der Waals surface area contributed by atoms with Gasteiger partial charge in [-0.1, -0.05) is 48.2 Å². The van der Waals surface area contributed by atoms with Crippen molar-refractivity contribution in [2.45, 2.75) is 18.9 Å². The molecule has 2 aromatic carbocycles. The number of fused-ring (bicyclic) bond motifs is 1. The average molecular weight is 436 g/mol. The van der Waals surface area contributed by atoms with Crippen molar-refractivity contribution in [3.63, 3.8) is 0 Å². The average Bonchev–Trinajstić information content (AvgIpc) is 3.23. The number of hydrazone groups is 1. The summed E-state index contributed by atoms with van der Waals surface area (Å²) in [4.78, 5) is 1.96. The Morgan fingerprint density at radius 2 is 2.13 bits per heavy atom. The van der Waals surface area contributed by atoms with Crippen molar-refractivity contribution in [3.8, 4) is 0 Å². The Bertz CT molecular complexity index is 1010. The minimum Gasteiger partial charge on any atom is -0.397 e. The van der Waals surface area contributed by atoms with Gasteiger partial charge >= 0.3 is 0 Å². The Hall–Kier alpha value is -2.81. The van der Waals surface area contributed by atoms with Gasteiger partial charge in [0.15, 0.2) is 5.17 Å². The molecule has 2 aliphatic heterocycles. The van der Waals surface area contributed by atoms with Crippen LogP contribution in [0.25, 0.3) is 16.8 Å². The van der Waals surface area contributed by atoms with Crippen LogP contribution < -0.4 is 22.0 Å². The van der Waals surface area contributed by atoms with Gasteiger partial charge in [0.05, 0.1) is 17.6 Å². The fraction of sp³-hybridized carbons (Fsp3) is 0.304. The molecule has 0 radical (unpaired) electrons. The summed E-state index contributed by atoms with van der Waals surface area (Å²) < 4.78 is 0. The monoisotopic (exact) mass is 435 g/mol. The summed E-state index contributed by atoms with van der Waals surface area (Å²) in [6.45, 7) is 2.79. The van der Waals surface area contributed by atoms with E-state index in [2.05, 4.69) is 51.7 Å². The Morgan fingerprint density at radius 3 is 2.90 bits per heavy atom. The smallest absolute Gasteiger partial charge is 0.161 e. The second-order valence-corrected chi connectivity index (χ2v) is 8.72. The van der Waals surface area contributed by atoms with Crippen LogP contribution in [0.3, 0.4) is 0 Å². The largest absolute Gasteiger partial charge is 0.397 e. The van der Waals surface area contributed by atoms with Crippen molar-refractivity contribution in [2.24, 2.45) is 10.8 Å². The maximum absolute atomic E-state index is 8.29. The lowest BCUT2D eigenvalue weighted by Gasteiger charge is -2.23. The number of piperidine rings is 1. The van der Waals surface area contributed by atoms with Gasteiger partial charge in [0.1, 0.15) is 0 Å². The standard InChI is InChI=1S/C23H29N7S/c24-21(9-11-27-29-28-20-6-3-10-26-16-20)22(30-12-13-31-23(30)25)15-17-7-8-18-4-1-2-5-19(18)14-17/h1-2,4-5,7-9,11,14-15,20,25-26,28-29H,3,6,10,12-13,16,24H2/b21-9-,22-15+,25-23?,27-11-. The van der Waals surface area contributed by atoms with Gasteiger partial charge in [-0.2, -0.15) is 5.10 Å². The van der Waals surface area contributed by atoms with Crippen LogP contribution in [0.1, 0.15) is 18.4 Å². The van der Waals surface area contributed by atoms with Gasteiger partial charge in [-0.3, -0.25) is 5.41 Å². The van der Waals surface area contributed by atoms with Crippen LogP contribution in [-0.2, 0) is 0 Å². The number of amidine groups is 1. The highest BCUT2D eigenvalue weighted by Gasteiger charge is 2.22. The predicted molar refractivity (Wildman–Crippen MR) is 132 cm³/mol. The van der Waals surface area contributed by atoms with E-state index in [-0.39, 0.29) is 0 Å². The molecular weight excluding hydrogens is 406 g/mol. The summed E-state index contributed by atoms with van der Waals surface area (Å²) in [6.07, 6.45) is 7.77. The van der Waals surface area contributed by atoms with Crippen molar-refractivity contribution in [1.82, 2.24) is 21.2 Å². The highest BCUT2D eigenvalue weighted by atomic mass is 32.2. The van der Waals surface area contributed by atoms with Gasteiger partial charge in [-0.25, -0.2) is 11.0 Å². The van der Waals surface area contributed by atoms with Gasteiger partial charge in [0.2, 0.25) is 0 Å². The molecule has 2 saturated heterocycles. The predicted octanol–water partition coefficient (Wildman–Crippen LogP) is 2.84. The van der Waals surface area contributed by atoms with Crippen molar-refractivity contribution in [2.75, 3.05) is 25.4 Å². The normalized spacial score (nSPS) is 20.7. The molecule has 2 aromatic rings. The van der Waals surface area contributed by atoms with E-state index < -0.39 is 0 Å². The van der Waals surface area contributed by atoms with E-state index in [9.17, 15) is 0 Å². The number of hydrazine groups is 1. The van der Waals surface area contributed by atoms with Crippen molar-refractivity contribution >= 4 is 40.0 Å². The number of rotatable bonds is 7. The zero-order chi connectivity index (χ0) is 21.5. The zero-order valence-corrected chi connectivity index (χ0v) is 18.3. The van der Waals surface area contributed by atoms with Crippen LogP contribution in [0.5, 0.6) is 0 Å². The quantitative estimate of drug-likeness (QED) is 0.260. The molecule has 1 unspecified atom stereocenters. The highest BCUT2D eigenvalue weighted by molar-refractivity contribution is 8.14. The van der Waals surface area contributed by atoms with E-state index in [4.69, 9.17) is 11.1 Å².